The monoisotopic (exact) mass is 884 g/mol. The van der Waals surface area contributed by atoms with Crippen molar-refractivity contribution in [2.75, 3.05) is 35.0 Å². The van der Waals surface area contributed by atoms with Crippen LogP contribution in [0.2, 0.25) is 0 Å². The van der Waals surface area contributed by atoms with Gasteiger partial charge in [-0.15, -0.1) is 0 Å². The standard InChI is InChI=1S/C58H45O7P/c1-33(34-13-7-6-8-14-34)27-28-63-66-64-57-43(29-49(61-4)45-31-47(59-2)41-25-23-37-21-19-35-15-9-11-17-39(35)51(37)53(41)55(45)57)44-30-50(62-5)46-32-48(60-3)42-26-24-38-22-20-36-16-10-12-18-40(36)52(38)54(42)56(46)58(44)65-66/h6-26,29-33H,27-28H2,1-5H3/t33-/m1/s1. The SMILES string of the molecule is COc1cc2c3cc(OC)c4cc(OC)c5ccc6ccc7ccccc7c6c5c4c3op(OCC[C@@H](C)c3ccccc3)oc2c2c1cc(OC)c1ccc3ccc4ccccc4c3c12. The van der Waals surface area contributed by atoms with E-state index in [1.165, 1.54) is 5.56 Å². The Balaban J connectivity index is 1.31. The zero-order chi connectivity index (χ0) is 44.6. The third-order valence-corrected chi connectivity index (χ3v) is 14.6. The summed E-state index contributed by atoms with van der Waals surface area (Å²) in [5.74, 6) is 3.03. The Morgan fingerprint density at radius 2 is 0.803 bits per heavy atom. The highest BCUT2D eigenvalue weighted by atomic mass is 31.1. The maximum Gasteiger partial charge on any atom is 0.387 e. The Morgan fingerprint density at radius 3 is 1.29 bits per heavy atom. The Hall–Kier alpha value is -7.44. The minimum absolute atomic E-state index is 0.245. The van der Waals surface area contributed by atoms with E-state index in [0.717, 1.165) is 115 Å². The maximum absolute atomic E-state index is 7.38. The van der Waals surface area contributed by atoms with Gasteiger partial charge in [0.25, 0.3) is 0 Å². The molecule has 12 rings (SSSR count). The van der Waals surface area contributed by atoms with E-state index in [0.29, 0.717) is 29.3 Å². The normalized spacial score (nSPS) is 12.4. The summed E-state index contributed by atoms with van der Waals surface area (Å²) in [6.07, 6.45) is 0.759. The molecular formula is C58H45O7P. The maximum atomic E-state index is 7.38. The van der Waals surface area contributed by atoms with Crippen LogP contribution in [0.1, 0.15) is 24.8 Å². The average Bonchev–Trinajstić information content (AvgIpc) is 3.52. The number of ether oxygens (including phenoxy) is 4. The Kier molecular flexibility index (Phi) is 9.67. The van der Waals surface area contributed by atoms with Crippen LogP contribution in [0.4, 0.5) is 0 Å². The molecule has 0 spiro atoms. The molecule has 0 aliphatic heterocycles. The Labute approximate surface area is 381 Å². The van der Waals surface area contributed by atoms with Gasteiger partial charge in [-0.25, -0.2) is 0 Å². The quantitative estimate of drug-likeness (QED) is 0.134. The van der Waals surface area contributed by atoms with Crippen molar-refractivity contribution in [1.29, 1.82) is 0 Å². The summed E-state index contributed by atoms with van der Waals surface area (Å²) in [6, 6.07) is 53.2. The zero-order valence-electron chi connectivity index (χ0n) is 37.2. The lowest BCUT2D eigenvalue weighted by atomic mass is 9.90. The van der Waals surface area contributed by atoms with Gasteiger partial charge in [-0.2, -0.15) is 0 Å². The second kappa shape index (κ2) is 15.9. The van der Waals surface area contributed by atoms with Crippen molar-refractivity contribution in [3.8, 4) is 23.0 Å². The molecule has 1 aromatic heterocycles. The van der Waals surface area contributed by atoms with E-state index in [2.05, 4.69) is 153 Å². The first kappa shape index (κ1) is 40.1. The van der Waals surface area contributed by atoms with E-state index in [9.17, 15) is 0 Å². The molecule has 7 nitrogen and oxygen atoms in total. The second-order valence-corrected chi connectivity index (χ2v) is 18.1. The molecule has 0 N–H and O–H groups in total. The fourth-order valence-corrected chi connectivity index (χ4v) is 11.4. The van der Waals surface area contributed by atoms with Crippen LogP contribution in [0.3, 0.4) is 0 Å². The highest BCUT2D eigenvalue weighted by Gasteiger charge is 2.25. The molecule has 0 radical (unpaired) electrons. The minimum Gasteiger partial charge on any atom is -0.496 e. The predicted octanol–water partition coefficient (Wildman–Crippen LogP) is 16.2. The van der Waals surface area contributed by atoms with Crippen LogP contribution in [0.15, 0.2) is 160 Å². The number of rotatable bonds is 9. The lowest BCUT2D eigenvalue weighted by molar-refractivity contribution is 0.353. The minimum atomic E-state index is -2.08. The van der Waals surface area contributed by atoms with Crippen LogP contribution in [0.5, 0.6) is 23.0 Å². The van der Waals surface area contributed by atoms with Crippen molar-refractivity contribution in [3.63, 3.8) is 0 Å². The highest BCUT2D eigenvalue weighted by molar-refractivity contribution is 7.31. The van der Waals surface area contributed by atoms with Gasteiger partial charge >= 0.3 is 8.24 Å². The van der Waals surface area contributed by atoms with Gasteiger partial charge < -0.3 is 27.3 Å². The van der Waals surface area contributed by atoms with E-state index in [1.54, 1.807) is 28.4 Å². The molecule has 11 aromatic carbocycles. The molecule has 1 heterocycles. The number of hydrogen-bond acceptors (Lipinski definition) is 7. The summed E-state index contributed by atoms with van der Waals surface area (Å²) < 4.78 is 46.8. The summed E-state index contributed by atoms with van der Waals surface area (Å²) in [5.41, 5.74) is 2.52. The molecule has 0 aliphatic carbocycles. The fourth-order valence-electron chi connectivity index (χ4n) is 10.4. The summed E-state index contributed by atoms with van der Waals surface area (Å²) in [7, 11) is 4.79. The topological polar surface area (TPSA) is 72.4 Å². The van der Waals surface area contributed by atoms with Crippen molar-refractivity contribution >= 4 is 116 Å². The first-order valence-electron chi connectivity index (χ1n) is 22.2. The predicted molar refractivity (Wildman–Crippen MR) is 273 cm³/mol. The second-order valence-electron chi connectivity index (χ2n) is 17.0. The summed E-state index contributed by atoms with van der Waals surface area (Å²) in [4.78, 5) is 0. The third kappa shape index (κ3) is 6.15. The van der Waals surface area contributed by atoms with E-state index < -0.39 is 8.24 Å². The molecule has 12 aromatic rings. The van der Waals surface area contributed by atoms with Crippen LogP contribution < -0.4 is 23.5 Å². The molecule has 324 valence electrons. The van der Waals surface area contributed by atoms with Gasteiger partial charge in [0, 0.05) is 53.9 Å². The van der Waals surface area contributed by atoms with E-state index in [1.807, 2.05) is 6.07 Å². The molecule has 0 saturated carbocycles. The van der Waals surface area contributed by atoms with Crippen molar-refractivity contribution < 1.29 is 31.9 Å². The van der Waals surface area contributed by atoms with Crippen LogP contribution in [-0.4, -0.2) is 35.0 Å². The smallest absolute Gasteiger partial charge is 0.387 e. The van der Waals surface area contributed by atoms with Gasteiger partial charge in [0.15, 0.2) is 11.2 Å². The average molecular weight is 885 g/mol. The summed E-state index contributed by atoms with van der Waals surface area (Å²) in [6.45, 7) is 2.63. The van der Waals surface area contributed by atoms with Gasteiger partial charge in [-0.3, -0.25) is 4.52 Å². The van der Waals surface area contributed by atoms with E-state index in [-0.39, 0.29) is 5.92 Å². The molecule has 8 heteroatoms. The van der Waals surface area contributed by atoms with Crippen LogP contribution in [0.25, 0.3) is 108 Å². The van der Waals surface area contributed by atoms with Crippen molar-refractivity contribution in [2.24, 2.45) is 0 Å². The van der Waals surface area contributed by atoms with Crippen molar-refractivity contribution in [3.05, 3.63) is 157 Å². The van der Waals surface area contributed by atoms with Crippen LogP contribution in [-0.2, 0) is 0 Å². The molecule has 0 aliphatic rings. The molecule has 0 saturated heterocycles. The summed E-state index contributed by atoms with van der Waals surface area (Å²) >= 11 is 0. The highest BCUT2D eigenvalue weighted by Crippen LogP contribution is 2.52. The number of benzene rings is 11. The number of hydrogen-bond donors (Lipinski definition) is 0. The largest absolute Gasteiger partial charge is 0.496 e. The zero-order valence-corrected chi connectivity index (χ0v) is 38.1. The van der Waals surface area contributed by atoms with E-state index >= 15 is 0 Å². The molecule has 0 unspecified atom stereocenters. The molecule has 0 bridgehead atoms. The van der Waals surface area contributed by atoms with Gasteiger partial charge in [-0.1, -0.05) is 122 Å². The molecule has 66 heavy (non-hydrogen) atoms. The van der Waals surface area contributed by atoms with Crippen LogP contribution >= 0.6 is 8.24 Å². The first-order chi connectivity index (χ1) is 32.5. The molecule has 0 fully saturated rings. The lowest BCUT2D eigenvalue weighted by Gasteiger charge is -2.17. The van der Waals surface area contributed by atoms with Crippen LogP contribution in [0, 0.1) is 0 Å². The lowest BCUT2D eigenvalue weighted by Crippen LogP contribution is -2.01. The van der Waals surface area contributed by atoms with E-state index in [4.69, 9.17) is 31.9 Å². The molecular weight excluding hydrogens is 840 g/mol. The number of fused-ring (bicyclic) bond motifs is 19. The van der Waals surface area contributed by atoms with Crippen molar-refractivity contribution in [2.45, 2.75) is 19.3 Å². The van der Waals surface area contributed by atoms with Gasteiger partial charge in [0.2, 0.25) is 0 Å². The van der Waals surface area contributed by atoms with Gasteiger partial charge in [0.05, 0.1) is 35.0 Å². The Bertz CT molecular complexity index is 3760. The van der Waals surface area contributed by atoms with Crippen molar-refractivity contribution in [1.82, 2.24) is 0 Å². The fraction of sp³-hybridized carbons (Fsp3) is 0.138. The Morgan fingerprint density at radius 1 is 0.394 bits per heavy atom. The third-order valence-electron chi connectivity index (χ3n) is 13.6. The van der Waals surface area contributed by atoms with Gasteiger partial charge in [0.1, 0.15) is 23.0 Å². The number of methoxy groups -OCH3 is 4. The molecule has 0 amide bonds. The molecule has 1 atom stereocenters. The summed E-state index contributed by atoms with van der Waals surface area (Å²) in [5, 5.41) is 17.8. The van der Waals surface area contributed by atoms with Gasteiger partial charge in [-0.05, 0) is 97.4 Å². The first-order valence-corrected chi connectivity index (χ1v) is 23.3.